The van der Waals surface area contributed by atoms with Gasteiger partial charge in [-0.15, -0.1) is 0 Å². The minimum Gasteiger partial charge on any atom is -0.497 e. The first kappa shape index (κ1) is 30.7. The third kappa shape index (κ3) is 8.38. The van der Waals surface area contributed by atoms with E-state index >= 15 is 0 Å². The van der Waals surface area contributed by atoms with Crippen LogP contribution < -0.4 is 14.4 Å². The van der Waals surface area contributed by atoms with Crippen molar-refractivity contribution in [2.24, 2.45) is 0 Å². The van der Waals surface area contributed by atoms with Gasteiger partial charge in [-0.2, -0.15) is 0 Å². The number of carbonyl (C=O) groups excluding carboxylic acids is 1. The average molecular weight is 601 g/mol. The molecule has 0 N–H and O–H groups in total. The lowest BCUT2D eigenvalue weighted by Crippen LogP contribution is -2.46. The molecular weight excluding hydrogens is 564 g/mol. The number of hydrogen-bond acceptors (Lipinski definition) is 8. The molecule has 0 aromatic heterocycles. The van der Waals surface area contributed by atoms with E-state index in [1.165, 1.54) is 19.2 Å². The van der Waals surface area contributed by atoms with Crippen molar-refractivity contribution >= 4 is 33.1 Å². The molecule has 1 aliphatic rings. The number of ether oxygens (including phenoxy) is 3. The quantitative estimate of drug-likeness (QED) is 0.203. The number of sulfone groups is 1. The molecular formula is C31H37ClN2O6S. The number of carbonyl (C=O) groups is 1. The Morgan fingerprint density at radius 1 is 0.951 bits per heavy atom. The highest BCUT2D eigenvalue weighted by Gasteiger charge is 2.35. The molecule has 220 valence electrons. The first-order chi connectivity index (χ1) is 19.8. The van der Waals surface area contributed by atoms with Gasteiger partial charge in [-0.05, 0) is 73.5 Å². The van der Waals surface area contributed by atoms with Gasteiger partial charge in [-0.25, -0.2) is 8.42 Å². The van der Waals surface area contributed by atoms with Gasteiger partial charge in [-0.1, -0.05) is 29.8 Å². The van der Waals surface area contributed by atoms with Crippen LogP contribution in [-0.2, 0) is 25.8 Å². The highest BCUT2D eigenvalue weighted by molar-refractivity contribution is 7.92. The topological polar surface area (TPSA) is 85.4 Å². The second kappa shape index (κ2) is 14.6. The number of benzene rings is 3. The number of esters is 1. The number of hydrogen-bond donors (Lipinski definition) is 0. The Hall–Kier alpha value is -3.27. The zero-order chi connectivity index (χ0) is 29.2. The third-order valence-corrected chi connectivity index (χ3v) is 9.36. The third-order valence-electron chi connectivity index (χ3n) is 7.09. The summed E-state index contributed by atoms with van der Waals surface area (Å²) in [5.74, 6) is 0.464. The Morgan fingerprint density at radius 3 is 2.27 bits per heavy atom. The smallest absolute Gasteiger partial charge is 0.325 e. The van der Waals surface area contributed by atoms with Crippen LogP contribution in [0.5, 0.6) is 11.5 Å². The fourth-order valence-corrected chi connectivity index (χ4v) is 6.56. The monoisotopic (exact) mass is 600 g/mol. The molecule has 10 heteroatoms. The van der Waals surface area contributed by atoms with Gasteiger partial charge in [0, 0.05) is 49.9 Å². The van der Waals surface area contributed by atoms with Crippen LogP contribution in [0.2, 0.25) is 5.02 Å². The summed E-state index contributed by atoms with van der Waals surface area (Å²) < 4.78 is 42.9. The molecule has 3 aromatic rings. The second-order valence-electron chi connectivity index (χ2n) is 9.82. The van der Waals surface area contributed by atoms with Crippen LogP contribution in [0.3, 0.4) is 0 Å². The van der Waals surface area contributed by atoms with Crippen LogP contribution in [0.15, 0.2) is 77.7 Å². The average Bonchev–Trinajstić information content (AvgIpc) is 2.99. The SMILES string of the molecule is CCOC(=O)C(Cc1ccc(OCCCN2CCN(c3cccc(Cl)c3)CC2)cc1)S(=O)(=O)c1ccc(OC)cc1. The predicted octanol–water partition coefficient (Wildman–Crippen LogP) is 4.89. The maximum atomic E-state index is 13.3. The zero-order valence-corrected chi connectivity index (χ0v) is 25.1. The lowest BCUT2D eigenvalue weighted by Gasteiger charge is -2.36. The van der Waals surface area contributed by atoms with Gasteiger partial charge in [-0.3, -0.25) is 9.69 Å². The van der Waals surface area contributed by atoms with Crippen molar-refractivity contribution in [3.05, 3.63) is 83.4 Å². The normalized spacial score (nSPS) is 14.9. The van der Waals surface area contributed by atoms with Crippen molar-refractivity contribution in [1.82, 2.24) is 4.90 Å². The maximum Gasteiger partial charge on any atom is 0.325 e. The first-order valence-corrected chi connectivity index (χ1v) is 15.7. The summed E-state index contributed by atoms with van der Waals surface area (Å²) in [6.07, 6.45) is 0.887. The molecule has 1 heterocycles. The van der Waals surface area contributed by atoms with Crippen LogP contribution in [0.25, 0.3) is 0 Å². The van der Waals surface area contributed by atoms with Crippen molar-refractivity contribution in [3.8, 4) is 11.5 Å². The lowest BCUT2D eigenvalue weighted by molar-refractivity contribution is -0.142. The molecule has 1 saturated heterocycles. The largest absolute Gasteiger partial charge is 0.497 e. The van der Waals surface area contributed by atoms with E-state index in [4.69, 9.17) is 25.8 Å². The van der Waals surface area contributed by atoms with Crippen molar-refractivity contribution in [3.63, 3.8) is 0 Å². The molecule has 0 bridgehead atoms. The highest BCUT2D eigenvalue weighted by atomic mass is 35.5. The second-order valence-corrected chi connectivity index (χ2v) is 12.4. The van der Waals surface area contributed by atoms with E-state index in [-0.39, 0.29) is 17.9 Å². The molecule has 1 atom stereocenters. The van der Waals surface area contributed by atoms with E-state index in [2.05, 4.69) is 15.9 Å². The van der Waals surface area contributed by atoms with Crippen molar-refractivity contribution < 1.29 is 27.4 Å². The van der Waals surface area contributed by atoms with E-state index in [1.54, 1.807) is 43.3 Å². The summed E-state index contributed by atoms with van der Waals surface area (Å²) in [5.41, 5.74) is 1.86. The molecule has 0 spiro atoms. The van der Waals surface area contributed by atoms with Gasteiger partial charge in [0.25, 0.3) is 0 Å². The Labute approximate surface area is 247 Å². The van der Waals surface area contributed by atoms with Crippen LogP contribution in [-0.4, -0.2) is 77.6 Å². The summed E-state index contributed by atoms with van der Waals surface area (Å²) in [5, 5.41) is -0.602. The molecule has 0 radical (unpaired) electrons. The van der Waals surface area contributed by atoms with Crippen LogP contribution >= 0.6 is 11.6 Å². The van der Waals surface area contributed by atoms with E-state index in [0.29, 0.717) is 23.7 Å². The van der Waals surface area contributed by atoms with E-state index in [1.807, 2.05) is 18.2 Å². The van der Waals surface area contributed by atoms with Gasteiger partial charge in [0.2, 0.25) is 0 Å². The van der Waals surface area contributed by atoms with Gasteiger partial charge in [0.1, 0.15) is 11.5 Å². The lowest BCUT2D eigenvalue weighted by atomic mass is 10.1. The predicted molar refractivity (Wildman–Crippen MR) is 161 cm³/mol. The van der Waals surface area contributed by atoms with Crippen LogP contribution in [0.1, 0.15) is 18.9 Å². The Balaban J connectivity index is 1.26. The molecule has 3 aromatic carbocycles. The maximum absolute atomic E-state index is 13.3. The standard InChI is InChI=1S/C31H37ClN2O6S/c1-3-39-31(35)30(41(36,37)29-14-12-27(38-2)13-15-29)22-24-8-10-28(11-9-24)40-21-5-16-33-17-19-34(20-18-33)26-7-4-6-25(32)23-26/h4,6-15,23,30H,3,5,16-22H2,1-2H3. The summed E-state index contributed by atoms with van der Waals surface area (Å²) in [6.45, 7) is 7.18. The fourth-order valence-electron chi connectivity index (χ4n) is 4.80. The van der Waals surface area contributed by atoms with E-state index in [0.717, 1.165) is 49.9 Å². The van der Waals surface area contributed by atoms with Gasteiger partial charge >= 0.3 is 5.97 Å². The number of rotatable bonds is 13. The Kier molecular flexibility index (Phi) is 10.9. The van der Waals surface area contributed by atoms with Gasteiger partial charge in [0.05, 0.1) is 25.2 Å². The Bertz CT molecular complexity index is 1370. The number of nitrogens with zero attached hydrogens (tertiary/aromatic N) is 2. The molecule has 4 rings (SSSR count). The molecule has 0 aliphatic carbocycles. The Morgan fingerprint density at radius 2 is 1.63 bits per heavy atom. The van der Waals surface area contributed by atoms with Crippen molar-refractivity contribution in [2.45, 2.75) is 29.9 Å². The summed E-state index contributed by atoms with van der Waals surface area (Å²) >= 11 is 6.13. The number of methoxy groups -OCH3 is 1. The van der Waals surface area contributed by atoms with Crippen LogP contribution in [0.4, 0.5) is 5.69 Å². The molecule has 1 aliphatic heterocycles. The minimum absolute atomic E-state index is 0.00532. The fraction of sp³-hybridized carbons (Fsp3) is 0.387. The highest BCUT2D eigenvalue weighted by Crippen LogP contribution is 2.25. The summed E-state index contributed by atoms with van der Waals surface area (Å²) in [4.78, 5) is 17.5. The minimum atomic E-state index is -3.98. The first-order valence-electron chi connectivity index (χ1n) is 13.8. The number of halogens is 1. The van der Waals surface area contributed by atoms with Crippen LogP contribution in [0, 0.1) is 0 Å². The van der Waals surface area contributed by atoms with E-state index < -0.39 is 21.1 Å². The van der Waals surface area contributed by atoms with Gasteiger partial charge in [0.15, 0.2) is 15.1 Å². The summed E-state index contributed by atoms with van der Waals surface area (Å²) in [7, 11) is -2.48. The molecule has 1 unspecified atom stereocenters. The number of piperazine rings is 1. The van der Waals surface area contributed by atoms with Gasteiger partial charge < -0.3 is 19.1 Å². The van der Waals surface area contributed by atoms with E-state index in [9.17, 15) is 13.2 Å². The molecule has 0 amide bonds. The molecule has 0 saturated carbocycles. The molecule has 1 fully saturated rings. The number of anilines is 1. The van der Waals surface area contributed by atoms with Crippen molar-refractivity contribution in [2.75, 3.05) is 57.9 Å². The zero-order valence-electron chi connectivity index (χ0n) is 23.5. The molecule has 41 heavy (non-hydrogen) atoms. The summed E-state index contributed by atoms with van der Waals surface area (Å²) in [6, 6.07) is 21.2. The van der Waals surface area contributed by atoms with Crippen molar-refractivity contribution in [1.29, 1.82) is 0 Å². The molecule has 8 nitrogen and oxygen atoms in total.